The van der Waals surface area contributed by atoms with Crippen LogP contribution in [0.3, 0.4) is 0 Å². The van der Waals surface area contributed by atoms with E-state index in [0.717, 1.165) is 62.2 Å². The predicted molar refractivity (Wildman–Crippen MR) is 157 cm³/mol. The van der Waals surface area contributed by atoms with E-state index in [1.165, 1.54) is 5.57 Å². The molecule has 39 heavy (non-hydrogen) atoms. The molecule has 1 aromatic rings. The average Bonchev–Trinajstić information content (AvgIpc) is 3.44. The van der Waals surface area contributed by atoms with Crippen molar-refractivity contribution < 1.29 is 19.4 Å². The lowest BCUT2D eigenvalue weighted by molar-refractivity contribution is -0.144. The number of rotatable bonds is 14. The van der Waals surface area contributed by atoms with Gasteiger partial charge >= 0.3 is 5.97 Å². The van der Waals surface area contributed by atoms with Gasteiger partial charge in [0.2, 0.25) is 5.91 Å². The summed E-state index contributed by atoms with van der Waals surface area (Å²) in [7, 11) is 4.11. The number of benzene rings is 1. The van der Waals surface area contributed by atoms with Crippen LogP contribution in [0.2, 0.25) is 0 Å². The number of aliphatic carboxylic acids is 1. The largest absolute Gasteiger partial charge is 0.493 e. The number of fused-ring (bicyclic) bond motifs is 1. The van der Waals surface area contributed by atoms with E-state index in [-0.39, 0.29) is 29.8 Å². The molecule has 0 radical (unpaired) electrons. The second kappa shape index (κ2) is 13.8. The first-order chi connectivity index (χ1) is 18.4. The molecule has 3 atom stereocenters. The summed E-state index contributed by atoms with van der Waals surface area (Å²) in [4.78, 5) is 32.9. The van der Waals surface area contributed by atoms with E-state index in [4.69, 9.17) is 4.74 Å². The highest BCUT2D eigenvalue weighted by molar-refractivity contribution is 5.79. The van der Waals surface area contributed by atoms with E-state index in [0.29, 0.717) is 19.6 Å². The topological polar surface area (TPSA) is 73.3 Å². The van der Waals surface area contributed by atoms with Crippen LogP contribution in [0.5, 0.6) is 5.75 Å². The van der Waals surface area contributed by atoms with Crippen LogP contribution in [0.15, 0.2) is 29.8 Å². The van der Waals surface area contributed by atoms with Gasteiger partial charge in [-0.1, -0.05) is 51.0 Å². The minimum atomic E-state index is -0.779. The van der Waals surface area contributed by atoms with Gasteiger partial charge < -0.3 is 19.6 Å². The van der Waals surface area contributed by atoms with Crippen molar-refractivity contribution in [2.75, 3.05) is 53.4 Å². The molecule has 0 bridgehead atoms. The fourth-order valence-corrected chi connectivity index (χ4v) is 6.46. The third-order valence-corrected chi connectivity index (χ3v) is 8.10. The third kappa shape index (κ3) is 8.55. The number of unbranched alkanes of at least 4 members (excludes halogenated alkanes) is 1. The van der Waals surface area contributed by atoms with Crippen molar-refractivity contribution in [1.82, 2.24) is 14.7 Å². The second-order valence-corrected chi connectivity index (χ2v) is 12.7. The Hall–Kier alpha value is -2.38. The summed E-state index contributed by atoms with van der Waals surface area (Å²) in [5.74, 6) is -0.522. The summed E-state index contributed by atoms with van der Waals surface area (Å²) in [6.45, 7) is 14.6. The van der Waals surface area contributed by atoms with E-state index in [1.807, 2.05) is 17.0 Å². The zero-order valence-electron chi connectivity index (χ0n) is 25.3. The summed E-state index contributed by atoms with van der Waals surface area (Å²) in [6, 6.07) is 5.93. The Morgan fingerprint density at radius 2 is 1.87 bits per heavy atom. The van der Waals surface area contributed by atoms with Crippen LogP contribution < -0.4 is 4.74 Å². The molecule has 7 nitrogen and oxygen atoms in total. The van der Waals surface area contributed by atoms with Gasteiger partial charge in [0, 0.05) is 38.0 Å². The Kier molecular flexibility index (Phi) is 11.0. The molecule has 1 fully saturated rings. The number of carbonyl (C=O) groups excluding carboxylic acids is 1. The monoisotopic (exact) mass is 541 g/mol. The van der Waals surface area contributed by atoms with Crippen LogP contribution in [0.1, 0.15) is 77.3 Å². The van der Waals surface area contributed by atoms with Crippen LogP contribution >= 0.6 is 0 Å². The second-order valence-electron chi connectivity index (χ2n) is 12.7. The van der Waals surface area contributed by atoms with Crippen LogP contribution in [0.4, 0.5) is 0 Å². The van der Waals surface area contributed by atoms with Crippen LogP contribution in [-0.2, 0) is 16.0 Å². The molecule has 2 aliphatic heterocycles. The van der Waals surface area contributed by atoms with Crippen molar-refractivity contribution in [1.29, 1.82) is 0 Å². The summed E-state index contributed by atoms with van der Waals surface area (Å²) in [5, 5.41) is 10.6. The quantitative estimate of drug-likeness (QED) is 0.332. The molecular weight excluding hydrogens is 490 g/mol. The molecule has 1 saturated heterocycles. The predicted octanol–water partition coefficient (Wildman–Crippen LogP) is 5.05. The van der Waals surface area contributed by atoms with Crippen LogP contribution in [0, 0.1) is 11.3 Å². The molecule has 0 spiro atoms. The maximum absolute atomic E-state index is 13.7. The number of carbonyl (C=O) groups is 2. The molecule has 1 amide bonds. The molecule has 0 unspecified atom stereocenters. The number of carboxylic acids is 1. The zero-order valence-corrected chi connectivity index (χ0v) is 25.3. The van der Waals surface area contributed by atoms with E-state index in [9.17, 15) is 14.7 Å². The lowest BCUT2D eigenvalue weighted by Crippen LogP contribution is -2.46. The molecule has 0 aromatic heterocycles. The van der Waals surface area contributed by atoms with Crippen molar-refractivity contribution in [3.63, 3.8) is 0 Å². The van der Waals surface area contributed by atoms with Gasteiger partial charge in [0.05, 0.1) is 19.1 Å². The number of likely N-dealkylation sites (tertiary alicyclic amines) is 1. The van der Waals surface area contributed by atoms with Crippen molar-refractivity contribution >= 4 is 11.9 Å². The highest BCUT2D eigenvalue weighted by atomic mass is 16.5. The van der Waals surface area contributed by atoms with Crippen LogP contribution in [0.25, 0.3) is 0 Å². The van der Waals surface area contributed by atoms with E-state index in [2.05, 4.69) is 70.7 Å². The number of allylic oxidation sites excluding steroid dienone is 2. The number of hydrogen-bond donors (Lipinski definition) is 1. The number of hydrogen-bond acceptors (Lipinski definition) is 5. The Bertz CT molecular complexity index is 1010. The Labute approximate surface area is 236 Å². The molecule has 2 aliphatic rings. The number of ether oxygens (including phenoxy) is 1. The molecule has 3 rings (SSSR count). The maximum atomic E-state index is 13.7. The summed E-state index contributed by atoms with van der Waals surface area (Å²) in [5.41, 5.74) is 3.22. The van der Waals surface area contributed by atoms with Crippen molar-refractivity contribution in [2.24, 2.45) is 11.3 Å². The summed E-state index contributed by atoms with van der Waals surface area (Å²) < 4.78 is 5.71. The van der Waals surface area contributed by atoms with Crippen molar-refractivity contribution in [3.05, 3.63) is 41.0 Å². The molecule has 0 aliphatic carbocycles. The molecular formula is C32H51N3O4. The SMILES string of the molecule is CCCCN(CCCN(C)C)C(=O)CN1C[C@H](c2ccc3c(c2)CCO3)[C@@H](C(=O)O)[C@@H]1CC(C)(C)C=C(C)C. The lowest BCUT2D eigenvalue weighted by atomic mass is 9.77. The van der Waals surface area contributed by atoms with Crippen molar-refractivity contribution in [2.45, 2.75) is 78.7 Å². The summed E-state index contributed by atoms with van der Waals surface area (Å²) in [6.07, 6.45) is 6.71. The van der Waals surface area contributed by atoms with Gasteiger partial charge in [0.25, 0.3) is 0 Å². The number of carboxylic acid groups (broad SMARTS) is 1. The highest BCUT2D eigenvalue weighted by Crippen LogP contribution is 2.44. The minimum absolute atomic E-state index is 0.111. The van der Waals surface area contributed by atoms with E-state index < -0.39 is 11.9 Å². The molecule has 1 N–H and O–H groups in total. The minimum Gasteiger partial charge on any atom is -0.493 e. The fourth-order valence-electron chi connectivity index (χ4n) is 6.46. The fraction of sp³-hybridized carbons (Fsp3) is 0.688. The molecule has 7 heteroatoms. The number of amides is 1. The molecule has 2 heterocycles. The van der Waals surface area contributed by atoms with Gasteiger partial charge in [0.1, 0.15) is 5.75 Å². The number of nitrogens with zero attached hydrogens (tertiary/aromatic N) is 3. The van der Waals surface area contributed by atoms with Gasteiger partial charge in [-0.2, -0.15) is 0 Å². The van der Waals surface area contributed by atoms with Gasteiger partial charge in [-0.3, -0.25) is 14.5 Å². The van der Waals surface area contributed by atoms with Crippen LogP contribution in [-0.4, -0.2) is 91.2 Å². The van der Waals surface area contributed by atoms with Crippen molar-refractivity contribution in [3.8, 4) is 5.75 Å². The standard InChI is InChI=1S/C32H51N3O4/c1-8-9-15-34(16-10-14-33(6)7)29(36)22-35-21-26(24-11-12-28-25(18-24)13-17-39-28)30(31(37)38)27(35)20-32(4,5)19-23(2)3/h11-12,18-19,26-27,30H,8-10,13-17,20-22H2,1-7H3,(H,37,38)/t26-,27+,30-/m1/s1. The first kappa shape index (κ1) is 31.2. The van der Waals surface area contributed by atoms with E-state index in [1.54, 1.807) is 0 Å². The Balaban J connectivity index is 1.91. The Morgan fingerprint density at radius 3 is 2.51 bits per heavy atom. The summed E-state index contributed by atoms with van der Waals surface area (Å²) >= 11 is 0. The maximum Gasteiger partial charge on any atom is 0.308 e. The first-order valence-corrected chi connectivity index (χ1v) is 14.7. The van der Waals surface area contributed by atoms with Gasteiger partial charge in [-0.15, -0.1) is 0 Å². The van der Waals surface area contributed by atoms with E-state index >= 15 is 0 Å². The molecule has 1 aromatic carbocycles. The molecule has 0 saturated carbocycles. The smallest absolute Gasteiger partial charge is 0.308 e. The van der Waals surface area contributed by atoms with Gasteiger partial charge in [0.15, 0.2) is 0 Å². The average molecular weight is 542 g/mol. The van der Waals surface area contributed by atoms with Gasteiger partial charge in [-0.25, -0.2) is 0 Å². The third-order valence-electron chi connectivity index (χ3n) is 8.10. The normalized spacial score (nSPS) is 21.1. The van der Waals surface area contributed by atoms with Gasteiger partial charge in [-0.05, 0) is 76.4 Å². The first-order valence-electron chi connectivity index (χ1n) is 14.7. The zero-order chi connectivity index (χ0) is 28.7. The Morgan fingerprint density at radius 1 is 1.15 bits per heavy atom. The highest BCUT2D eigenvalue weighted by Gasteiger charge is 2.48. The molecule has 218 valence electrons. The lowest BCUT2D eigenvalue weighted by Gasteiger charge is -2.34.